The predicted molar refractivity (Wildman–Crippen MR) is 91.3 cm³/mol. The van der Waals surface area contributed by atoms with E-state index in [9.17, 15) is 4.39 Å². The van der Waals surface area contributed by atoms with Crippen molar-refractivity contribution in [2.45, 2.75) is 6.61 Å². The molecule has 0 amide bonds. The second-order valence-corrected chi connectivity index (χ2v) is 5.73. The van der Waals surface area contributed by atoms with Crippen LogP contribution in [0.25, 0.3) is 0 Å². The lowest BCUT2D eigenvalue weighted by Crippen LogP contribution is -2.40. The number of halogens is 1. The fourth-order valence-electron chi connectivity index (χ4n) is 2.42. The van der Waals surface area contributed by atoms with Crippen molar-refractivity contribution < 1.29 is 13.9 Å². The molecule has 120 valence electrons. The van der Waals surface area contributed by atoms with Crippen molar-refractivity contribution in [1.29, 1.82) is 0 Å². The van der Waals surface area contributed by atoms with Gasteiger partial charge in [0.05, 0.1) is 13.2 Å². The van der Waals surface area contributed by atoms with Gasteiger partial charge in [-0.05, 0) is 29.8 Å². The van der Waals surface area contributed by atoms with Gasteiger partial charge in [-0.15, -0.1) is 0 Å². The van der Waals surface area contributed by atoms with Crippen molar-refractivity contribution in [2.24, 2.45) is 0 Å². The smallest absolute Gasteiger partial charge is 0.123 e. The fraction of sp³-hybridized carbons (Fsp3) is 0.278. The van der Waals surface area contributed by atoms with E-state index in [4.69, 9.17) is 21.7 Å². The molecule has 0 unspecified atom stereocenters. The Morgan fingerprint density at radius 2 is 1.87 bits per heavy atom. The lowest BCUT2D eigenvalue weighted by molar-refractivity contribution is 0.0693. The molecule has 3 nitrogen and oxygen atoms in total. The topological polar surface area (TPSA) is 21.7 Å². The van der Waals surface area contributed by atoms with E-state index >= 15 is 0 Å². The van der Waals surface area contributed by atoms with Gasteiger partial charge in [0.1, 0.15) is 23.2 Å². The first-order valence-corrected chi connectivity index (χ1v) is 7.97. The summed E-state index contributed by atoms with van der Waals surface area (Å²) in [5, 5.41) is 0. The van der Waals surface area contributed by atoms with E-state index in [-0.39, 0.29) is 5.82 Å². The zero-order chi connectivity index (χ0) is 16.1. The lowest BCUT2D eigenvalue weighted by Gasteiger charge is -2.29. The second kappa shape index (κ2) is 7.53. The van der Waals surface area contributed by atoms with Gasteiger partial charge in [-0.1, -0.05) is 36.5 Å². The zero-order valence-electron chi connectivity index (χ0n) is 12.7. The average Bonchev–Trinajstić information content (AvgIpc) is 2.61. The normalized spacial score (nSPS) is 14.6. The molecule has 1 heterocycles. The van der Waals surface area contributed by atoms with Crippen LogP contribution in [-0.4, -0.2) is 36.2 Å². The Balaban J connectivity index is 1.64. The summed E-state index contributed by atoms with van der Waals surface area (Å²) in [5.74, 6) is 0.508. The van der Waals surface area contributed by atoms with E-state index in [0.29, 0.717) is 19.8 Å². The molecule has 0 N–H and O–H groups in total. The molecule has 0 aromatic heterocycles. The minimum atomic E-state index is -0.244. The molecule has 1 aliphatic heterocycles. The summed E-state index contributed by atoms with van der Waals surface area (Å²) in [4.78, 5) is 2.97. The molecule has 0 radical (unpaired) electrons. The van der Waals surface area contributed by atoms with Gasteiger partial charge in [0.25, 0.3) is 0 Å². The van der Waals surface area contributed by atoms with Crippen LogP contribution < -0.4 is 4.74 Å². The van der Waals surface area contributed by atoms with Crippen LogP contribution in [0.15, 0.2) is 48.5 Å². The number of benzene rings is 2. The van der Waals surface area contributed by atoms with Crippen LogP contribution in [0.3, 0.4) is 0 Å². The maximum Gasteiger partial charge on any atom is 0.123 e. The molecule has 23 heavy (non-hydrogen) atoms. The van der Waals surface area contributed by atoms with Crippen LogP contribution in [0.4, 0.5) is 4.39 Å². The molecule has 0 bridgehead atoms. The van der Waals surface area contributed by atoms with Gasteiger partial charge >= 0.3 is 0 Å². The molecule has 2 aromatic carbocycles. The van der Waals surface area contributed by atoms with Crippen LogP contribution in [0.5, 0.6) is 5.75 Å². The van der Waals surface area contributed by atoms with E-state index in [1.807, 2.05) is 24.3 Å². The monoisotopic (exact) mass is 331 g/mol. The number of ether oxygens (including phenoxy) is 2. The summed E-state index contributed by atoms with van der Waals surface area (Å²) >= 11 is 5.57. The lowest BCUT2D eigenvalue weighted by atomic mass is 10.2. The first-order valence-electron chi connectivity index (χ1n) is 7.57. The maximum absolute atomic E-state index is 12.9. The van der Waals surface area contributed by atoms with Crippen molar-refractivity contribution in [1.82, 2.24) is 4.90 Å². The quantitative estimate of drug-likeness (QED) is 0.800. The third-order valence-corrected chi connectivity index (χ3v) is 4.19. The molecule has 5 heteroatoms. The number of hydrogen-bond acceptors (Lipinski definition) is 3. The average molecular weight is 331 g/mol. The molecular formula is C18H18FNO2S. The van der Waals surface area contributed by atoms with Crippen LogP contribution in [0.1, 0.15) is 11.1 Å². The highest BCUT2D eigenvalue weighted by molar-refractivity contribution is 7.80. The van der Waals surface area contributed by atoms with Gasteiger partial charge in [0.15, 0.2) is 0 Å². The van der Waals surface area contributed by atoms with E-state index in [1.165, 1.54) is 12.1 Å². The van der Waals surface area contributed by atoms with Gasteiger partial charge in [-0.2, -0.15) is 0 Å². The van der Waals surface area contributed by atoms with Crippen molar-refractivity contribution >= 4 is 17.2 Å². The third kappa shape index (κ3) is 4.27. The van der Waals surface area contributed by atoms with Gasteiger partial charge in [-0.3, -0.25) is 0 Å². The molecule has 0 spiro atoms. The highest BCUT2D eigenvalue weighted by Crippen LogP contribution is 2.18. The Hall–Kier alpha value is -1.98. The van der Waals surface area contributed by atoms with Crippen molar-refractivity contribution in [3.05, 3.63) is 65.5 Å². The van der Waals surface area contributed by atoms with Crippen molar-refractivity contribution in [3.8, 4) is 5.75 Å². The van der Waals surface area contributed by atoms with Crippen LogP contribution >= 0.6 is 12.2 Å². The third-order valence-electron chi connectivity index (χ3n) is 3.70. The SMILES string of the molecule is Fc1ccc(COc2cccc(C(=S)N3CCOCC3)c2)cc1. The molecule has 0 aliphatic carbocycles. The molecule has 0 saturated carbocycles. The van der Waals surface area contributed by atoms with Gasteiger partial charge in [-0.25, -0.2) is 4.39 Å². The molecule has 1 aliphatic rings. The Kier molecular flexibility index (Phi) is 5.20. The van der Waals surface area contributed by atoms with Crippen LogP contribution in [0.2, 0.25) is 0 Å². The first kappa shape index (κ1) is 15.9. The summed E-state index contributed by atoms with van der Waals surface area (Å²) in [5.41, 5.74) is 1.89. The molecule has 1 saturated heterocycles. The number of morpholine rings is 1. The second-order valence-electron chi connectivity index (χ2n) is 5.35. The van der Waals surface area contributed by atoms with Crippen LogP contribution in [0, 0.1) is 5.82 Å². The molecule has 0 atom stereocenters. The fourth-order valence-corrected chi connectivity index (χ4v) is 2.72. The maximum atomic E-state index is 12.9. The first-order chi connectivity index (χ1) is 11.2. The molecular weight excluding hydrogens is 313 g/mol. The minimum absolute atomic E-state index is 0.244. The largest absolute Gasteiger partial charge is 0.489 e. The number of nitrogens with zero attached hydrogens (tertiary/aromatic N) is 1. The number of thiocarbonyl (C=S) groups is 1. The van der Waals surface area contributed by atoms with Gasteiger partial charge in [0, 0.05) is 18.7 Å². The highest BCUT2D eigenvalue weighted by atomic mass is 32.1. The Bertz CT molecular complexity index is 669. The Labute approximate surface area is 140 Å². The van der Waals surface area contributed by atoms with E-state index in [0.717, 1.165) is 35.0 Å². The van der Waals surface area contributed by atoms with E-state index in [1.54, 1.807) is 12.1 Å². The minimum Gasteiger partial charge on any atom is -0.489 e. The predicted octanol–water partition coefficient (Wildman–Crippen LogP) is 3.41. The summed E-state index contributed by atoms with van der Waals surface area (Å²) < 4.78 is 24.0. The van der Waals surface area contributed by atoms with Crippen LogP contribution in [-0.2, 0) is 11.3 Å². The van der Waals surface area contributed by atoms with Gasteiger partial charge in [0.2, 0.25) is 0 Å². The summed E-state index contributed by atoms with van der Waals surface area (Å²) in [7, 11) is 0. The van der Waals surface area contributed by atoms with Gasteiger partial charge < -0.3 is 14.4 Å². The zero-order valence-corrected chi connectivity index (χ0v) is 13.5. The Morgan fingerprint density at radius 3 is 2.61 bits per heavy atom. The van der Waals surface area contributed by atoms with E-state index < -0.39 is 0 Å². The summed E-state index contributed by atoms with van der Waals surface area (Å²) in [6.45, 7) is 3.45. The molecule has 2 aromatic rings. The highest BCUT2D eigenvalue weighted by Gasteiger charge is 2.15. The summed E-state index contributed by atoms with van der Waals surface area (Å²) in [6.07, 6.45) is 0. The van der Waals surface area contributed by atoms with E-state index in [2.05, 4.69) is 4.90 Å². The number of hydrogen-bond donors (Lipinski definition) is 0. The number of rotatable bonds is 4. The molecule has 3 rings (SSSR count). The summed E-state index contributed by atoms with van der Waals surface area (Å²) in [6, 6.07) is 14.1. The van der Waals surface area contributed by atoms with Crippen molar-refractivity contribution in [2.75, 3.05) is 26.3 Å². The Morgan fingerprint density at radius 1 is 1.13 bits per heavy atom. The molecule has 1 fully saturated rings. The standard InChI is InChI=1S/C18H18FNO2S/c19-16-6-4-14(5-7-16)13-22-17-3-1-2-15(12-17)18(23)20-8-10-21-11-9-20/h1-7,12H,8-11,13H2. The van der Waals surface area contributed by atoms with Crippen molar-refractivity contribution in [3.63, 3.8) is 0 Å².